The van der Waals surface area contributed by atoms with E-state index in [9.17, 15) is 4.79 Å². The third-order valence-corrected chi connectivity index (χ3v) is 3.89. The highest BCUT2D eigenvalue weighted by molar-refractivity contribution is 7.99. The van der Waals surface area contributed by atoms with E-state index in [0.29, 0.717) is 11.6 Å². The van der Waals surface area contributed by atoms with Gasteiger partial charge in [-0.3, -0.25) is 0 Å². The summed E-state index contributed by atoms with van der Waals surface area (Å²) in [5.41, 5.74) is 1.10. The van der Waals surface area contributed by atoms with Crippen molar-refractivity contribution in [2.24, 2.45) is 0 Å². The second-order valence-corrected chi connectivity index (χ2v) is 5.06. The number of carboxylic acid groups (broad SMARTS) is 1. The van der Waals surface area contributed by atoms with Crippen molar-refractivity contribution in [1.82, 2.24) is 0 Å². The Labute approximate surface area is 99.2 Å². The molecule has 1 unspecified atom stereocenters. The van der Waals surface area contributed by atoms with Gasteiger partial charge in [-0.05, 0) is 30.7 Å². The van der Waals surface area contributed by atoms with E-state index in [0.717, 1.165) is 17.9 Å². The first-order valence-corrected chi connectivity index (χ1v) is 6.59. The summed E-state index contributed by atoms with van der Waals surface area (Å²) in [5, 5.41) is 12.4. The molecule has 2 rings (SSSR count). The zero-order valence-corrected chi connectivity index (χ0v) is 9.80. The van der Waals surface area contributed by atoms with Gasteiger partial charge in [0, 0.05) is 17.5 Å². The fraction of sp³-hybridized carbons (Fsp3) is 0.417. The van der Waals surface area contributed by atoms with E-state index in [4.69, 9.17) is 5.11 Å². The molecule has 1 aliphatic heterocycles. The van der Waals surface area contributed by atoms with E-state index < -0.39 is 5.97 Å². The lowest BCUT2D eigenvalue weighted by molar-refractivity contribution is 0.0698. The number of hydrogen-bond acceptors (Lipinski definition) is 3. The molecule has 0 bridgehead atoms. The van der Waals surface area contributed by atoms with Crippen LogP contribution >= 0.6 is 11.8 Å². The summed E-state index contributed by atoms with van der Waals surface area (Å²) < 4.78 is 0. The predicted octanol–water partition coefficient (Wildman–Crippen LogP) is 2.69. The highest BCUT2D eigenvalue weighted by Gasteiger charge is 2.16. The van der Waals surface area contributed by atoms with Crippen molar-refractivity contribution in [3.05, 3.63) is 29.8 Å². The Balaban J connectivity index is 2.10. The molecule has 0 amide bonds. The fourth-order valence-corrected chi connectivity index (χ4v) is 2.94. The van der Waals surface area contributed by atoms with E-state index in [1.807, 2.05) is 23.9 Å². The Hall–Kier alpha value is -1.16. The Bertz CT molecular complexity index is 375. The van der Waals surface area contributed by atoms with Gasteiger partial charge in [0.05, 0.1) is 5.56 Å². The summed E-state index contributed by atoms with van der Waals surface area (Å²) in [7, 11) is 0. The van der Waals surface area contributed by atoms with Crippen LogP contribution in [0.4, 0.5) is 5.69 Å². The molecule has 1 aliphatic rings. The zero-order chi connectivity index (χ0) is 11.4. The second-order valence-electron chi connectivity index (χ2n) is 3.91. The van der Waals surface area contributed by atoms with Crippen molar-refractivity contribution in [2.45, 2.75) is 18.9 Å². The average Bonchev–Trinajstić information content (AvgIpc) is 2.31. The first-order chi connectivity index (χ1) is 7.77. The van der Waals surface area contributed by atoms with Crippen LogP contribution in [0.25, 0.3) is 0 Å². The molecule has 16 heavy (non-hydrogen) atoms. The van der Waals surface area contributed by atoms with E-state index in [1.165, 1.54) is 12.2 Å². The van der Waals surface area contributed by atoms with Gasteiger partial charge in [-0.1, -0.05) is 12.1 Å². The number of anilines is 1. The molecule has 0 aromatic heterocycles. The van der Waals surface area contributed by atoms with Crippen LogP contribution in [0.5, 0.6) is 0 Å². The van der Waals surface area contributed by atoms with Crippen LogP contribution in [-0.4, -0.2) is 28.6 Å². The molecule has 3 nitrogen and oxygen atoms in total. The summed E-state index contributed by atoms with van der Waals surface area (Å²) in [6.45, 7) is 0. The number of rotatable bonds is 3. The number of carboxylic acids is 1. The lowest BCUT2D eigenvalue weighted by Gasteiger charge is -2.24. The maximum Gasteiger partial charge on any atom is 0.337 e. The number of aromatic carboxylic acids is 1. The van der Waals surface area contributed by atoms with Gasteiger partial charge in [-0.25, -0.2) is 4.79 Å². The summed E-state index contributed by atoms with van der Waals surface area (Å²) in [4.78, 5) is 11.0. The van der Waals surface area contributed by atoms with E-state index in [-0.39, 0.29) is 0 Å². The van der Waals surface area contributed by atoms with Crippen LogP contribution in [-0.2, 0) is 0 Å². The molecule has 2 N–H and O–H groups in total. The average molecular weight is 237 g/mol. The van der Waals surface area contributed by atoms with Gasteiger partial charge < -0.3 is 10.4 Å². The highest BCUT2D eigenvalue weighted by atomic mass is 32.2. The van der Waals surface area contributed by atoms with Crippen molar-refractivity contribution in [1.29, 1.82) is 0 Å². The van der Waals surface area contributed by atoms with Crippen molar-refractivity contribution >= 4 is 23.4 Å². The quantitative estimate of drug-likeness (QED) is 0.848. The molecule has 1 fully saturated rings. The van der Waals surface area contributed by atoms with Gasteiger partial charge in [0.2, 0.25) is 0 Å². The van der Waals surface area contributed by atoms with Crippen LogP contribution in [0.15, 0.2) is 24.3 Å². The van der Waals surface area contributed by atoms with Crippen molar-refractivity contribution < 1.29 is 9.90 Å². The summed E-state index contributed by atoms with van der Waals surface area (Å²) >= 11 is 1.93. The molecule has 86 valence electrons. The monoisotopic (exact) mass is 237 g/mol. The third-order valence-electron chi connectivity index (χ3n) is 2.68. The molecule has 1 aromatic rings. The minimum atomic E-state index is -0.869. The van der Waals surface area contributed by atoms with Crippen LogP contribution in [0.3, 0.4) is 0 Å². The second kappa shape index (κ2) is 5.25. The Morgan fingerprint density at radius 1 is 1.44 bits per heavy atom. The molecule has 0 spiro atoms. The van der Waals surface area contributed by atoms with Gasteiger partial charge in [0.25, 0.3) is 0 Å². The molecule has 0 aliphatic carbocycles. The SMILES string of the molecule is O=C(O)c1ccccc1NC1CCCSC1. The van der Waals surface area contributed by atoms with Crippen LogP contribution in [0.1, 0.15) is 23.2 Å². The van der Waals surface area contributed by atoms with Crippen molar-refractivity contribution in [3.63, 3.8) is 0 Å². The zero-order valence-electron chi connectivity index (χ0n) is 8.98. The Morgan fingerprint density at radius 2 is 2.25 bits per heavy atom. The standard InChI is InChI=1S/C12H15NO2S/c14-12(15)10-5-1-2-6-11(10)13-9-4-3-7-16-8-9/h1-2,5-6,9,13H,3-4,7-8H2,(H,14,15). The van der Waals surface area contributed by atoms with Crippen LogP contribution in [0, 0.1) is 0 Å². The highest BCUT2D eigenvalue weighted by Crippen LogP contribution is 2.23. The number of thioether (sulfide) groups is 1. The van der Waals surface area contributed by atoms with Crippen molar-refractivity contribution in [2.75, 3.05) is 16.8 Å². The third kappa shape index (κ3) is 2.70. The number of carbonyl (C=O) groups is 1. The predicted molar refractivity (Wildman–Crippen MR) is 67.4 cm³/mol. The van der Waals surface area contributed by atoms with Crippen LogP contribution in [0.2, 0.25) is 0 Å². The van der Waals surface area contributed by atoms with Crippen LogP contribution < -0.4 is 5.32 Å². The Morgan fingerprint density at radius 3 is 2.94 bits per heavy atom. The molecular weight excluding hydrogens is 222 g/mol. The molecule has 1 heterocycles. The topological polar surface area (TPSA) is 49.3 Å². The van der Waals surface area contributed by atoms with E-state index in [1.54, 1.807) is 12.1 Å². The minimum absolute atomic E-state index is 0.359. The number of nitrogens with one attached hydrogen (secondary N) is 1. The summed E-state index contributed by atoms with van der Waals surface area (Å²) in [6, 6.07) is 7.50. The van der Waals surface area contributed by atoms with Gasteiger partial charge in [-0.2, -0.15) is 11.8 Å². The maximum absolute atomic E-state index is 11.0. The smallest absolute Gasteiger partial charge is 0.337 e. The van der Waals surface area contributed by atoms with Crippen molar-refractivity contribution in [3.8, 4) is 0 Å². The van der Waals surface area contributed by atoms with Gasteiger partial charge >= 0.3 is 5.97 Å². The maximum atomic E-state index is 11.0. The first-order valence-electron chi connectivity index (χ1n) is 5.44. The van der Waals surface area contributed by atoms with E-state index >= 15 is 0 Å². The van der Waals surface area contributed by atoms with E-state index in [2.05, 4.69) is 5.32 Å². The molecule has 1 aromatic carbocycles. The van der Waals surface area contributed by atoms with Gasteiger partial charge in [0.1, 0.15) is 0 Å². The molecule has 1 atom stereocenters. The molecule has 0 radical (unpaired) electrons. The first kappa shape index (κ1) is 11.3. The molecule has 0 saturated carbocycles. The molecular formula is C12H15NO2S. The normalized spacial score (nSPS) is 20.4. The van der Waals surface area contributed by atoms with Gasteiger partial charge in [0.15, 0.2) is 0 Å². The number of benzene rings is 1. The number of hydrogen-bond donors (Lipinski definition) is 2. The Kier molecular flexibility index (Phi) is 3.72. The summed E-state index contributed by atoms with van der Waals surface area (Å²) in [5.74, 6) is 1.42. The lowest BCUT2D eigenvalue weighted by Crippen LogP contribution is -2.26. The fourth-order valence-electron chi connectivity index (χ4n) is 1.87. The minimum Gasteiger partial charge on any atom is -0.478 e. The largest absolute Gasteiger partial charge is 0.478 e. The summed E-state index contributed by atoms with van der Waals surface area (Å²) in [6.07, 6.45) is 2.33. The number of para-hydroxylation sites is 1. The lowest BCUT2D eigenvalue weighted by atomic mass is 10.1. The van der Waals surface area contributed by atoms with Gasteiger partial charge in [-0.15, -0.1) is 0 Å². The molecule has 1 saturated heterocycles. The molecule has 4 heteroatoms.